The molecule has 0 bridgehead atoms. The van der Waals surface area contributed by atoms with Gasteiger partial charge in [0.2, 0.25) is 5.91 Å². The van der Waals surface area contributed by atoms with Crippen molar-refractivity contribution in [3.05, 3.63) is 35.4 Å². The quantitative estimate of drug-likeness (QED) is 0.862. The number of hydrogen-bond donors (Lipinski definition) is 1. The maximum atomic E-state index is 12.6. The first-order valence-electron chi connectivity index (χ1n) is 5.75. The van der Waals surface area contributed by atoms with Crippen molar-refractivity contribution in [3.63, 3.8) is 0 Å². The van der Waals surface area contributed by atoms with Crippen LogP contribution >= 0.6 is 0 Å². The SMILES string of the molecule is COC(=O)[C@@H](Cc1cccc(C(F)(F)F)c1)NC(C)=O. The Morgan fingerprint density at radius 2 is 2.00 bits per heavy atom. The maximum absolute atomic E-state index is 12.6. The van der Waals surface area contributed by atoms with Crippen molar-refractivity contribution >= 4 is 11.9 Å². The zero-order valence-electron chi connectivity index (χ0n) is 11.0. The van der Waals surface area contributed by atoms with Crippen LogP contribution in [-0.2, 0) is 26.9 Å². The van der Waals surface area contributed by atoms with Gasteiger partial charge in [0.25, 0.3) is 0 Å². The average Bonchev–Trinajstić information content (AvgIpc) is 2.36. The molecule has 1 aromatic carbocycles. The van der Waals surface area contributed by atoms with E-state index in [4.69, 9.17) is 0 Å². The third-order valence-corrected chi connectivity index (χ3v) is 2.56. The second-order valence-corrected chi connectivity index (χ2v) is 4.18. The highest BCUT2D eigenvalue weighted by atomic mass is 19.4. The van der Waals surface area contributed by atoms with E-state index in [1.807, 2.05) is 0 Å². The Kier molecular flexibility index (Phi) is 5.12. The van der Waals surface area contributed by atoms with E-state index in [2.05, 4.69) is 10.1 Å². The van der Waals surface area contributed by atoms with E-state index in [0.29, 0.717) is 0 Å². The molecule has 0 saturated heterocycles. The molecule has 0 fully saturated rings. The summed E-state index contributed by atoms with van der Waals surface area (Å²) in [6.45, 7) is 1.21. The number of rotatable bonds is 4. The summed E-state index contributed by atoms with van der Waals surface area (Å²) in [6.07, 6.45) is -4.53. The van der Waals surface area contributed by atoms with Crippen molar-refractivity contribution in [3.8, 4) is 0 Å². The maximum Gasteiger partial charge on any atom is 0.416 e. The predicted octanol–water partition coefficient (Wildman–Crippen LogP) is 1.93. The van der Waals surface area contributed by atoms with Gasteiger partial charge >= 0.3 is 12.1 Å². The summed E-state index contributed by atoms with van der Waals surface area (Å²) in [5.41, 5.74) is -0.523. The molecule has 0 unspecified atom stereocenters. The zero-order valence-corrected chi connectivity index (χ0v) is 11.0. The van der Waals surface area contributed by atoms with E-state index in [1.165, 1.54) is 19.1 Å². The molecule has 110 valence electrons. The Labute approximate surface area is 113 Å². The van der Waals surface area contributed by atoms with Crippen LogP contribution in [0, 0.1) is 0 Å². The number of amides is 1. The van der Waals surface area contributed by atoms with E-state index in [-0.39, 0.29) is 12.0 Å². The molecule has 0 saturated carbocycles. The molecule has 0 aromatic heterocycles. The van der Waals surface area contributed by atoms with Crippen LogP contribution < -0.4 is 5.32 Å². The van der Waals surface area contributed by atoms with Crippen LogP contribution in [0.15, 0.2) is 24.3 Å². The number of nitrogens with one attached hydrogen (secondary N) is 1. The molecule has 0 heterocycles. The summed E-state index contributed by atoms with van der Waals surface area (Å²) in [4.78, 5) is 22.5. The summed E-state index contributed by atoms with van der Waals surface area (Å²) < 4.78 is 42.2. The number of carbonyl (C=O) groups excluding carboxylic acids is 2. The number of benzene rings is 1. The molecule has 4 nitrogen and oxygen atoms in total. The average molecular weight is 289 g/mol. The van der Waals surface area contributed by atoms with Crippen molar-refractivity contribution in [1.82, 2.24) is 5.32 Å². The molecule has 0 aliphatic rings. The minimum Gasteiger partial charge on any atom is -0.467 e. The minimum atomic E-state index is -4.45. The normalized spacial score (nSPS) is 12.7. The van der Waals surface area contributed by atoms with Crippen molar-refractivity contribution < 1.29 is 27.5 Å². The number of methoxy groups -OCH3 is 1. The summed E-state index contributed by atoms with van der Waals surface area (Å²) >= 11 is 0. The molecule has 0 spiro atoms. The van der Waals surface area contributed by atoms with Gasteiger partial charge in [-0.2, -0.15) is 13.2 Å². The molecule has 0 aliphatic carbocycles. The predicted molar refractivity (Wildman–Crippen MR) is 64.8 cm³/mol. The minimum absolute atomic E-state index is 0.0732. The Balaban J connectivity index is 2.93. The first-order valence-corrected chi connectivity index (χ1v) is 5.75. The van der Waals surface area contributed by atoms with Crippen molar-refractivity contribution in [2.45, 2.75) is 25.6 Å². The van der Waals surface area contributed by atoms with Crippen LogP contribution in [0.4, 0.5) is 13.2 Å². The van der Waals surface area contributed by atoms with Crippen molar-refractivity contribution in [2.75, 3.05) is 7.11 Å². The summed E-state index contributed by atoms with van der Waals surface area (Å²) in [7, 11) is 1.14. The van der Waals surface area contributed by atoms with E-state index >= 15 is 0 Å². The molecular formula is C13H14F3NO3. The Morgan fingerprint density at radius 1 is 1.35 bits per heavy atom. The number of halogens is 3. The summed E-state index contributed by atoms with van der Waals surface area (Å²) in [5, 5.41) is 2.34. The van der Waals surface area contributed by atoms with Gasteiger partial charge in [-0.05, 0) is 11.6 Å². The Morgan fingerprint density at radius 3 is 2.50 bits per heavy atom. The van der Waals surface area contributed by atoms with Crippen molar-refractivity contribution in [1.29, 1.82) is 0 Å². The fraction of sp³-hybridized carbons (Fsp3) is 0.385. The zero-order chi connectivity index (χ0) is 15.3. The van der Waals surface area contributed by atoms with Crippen molar-refractivity contribution in [2.24, 2.45) is 0 Å². The van der Waals surface area contributed by atoms with Crippen LogP contribution in [-0.4, -0.2) is 25.0 Å². The number of hydrogen-bond acceptors (Lipinski definition) is 3. The lowest BCUT2D eigenvalue weighted by molar-refractivity contribution is -0.144. The smallest absolute Gasteiger partial charge is 0.416 e. The molecule has 0 radical (unpaired) electrons. The van der Waals surface area contributed by atoms with Gasteiger partial charge in [-0.1, -0.05) is 18.2 Å². The first-order chi connectivity index (χ1) is 9.24. The largest absolute Gasteiger partial charge is 0.467 e. The number of ether oxygens (including phenoxy) is 1. The summed E-state index contributed by atoms with van der Waals surface area (Å²) in [6, 6.07) is 3.57. The summed E-state index contributed by atoms with van der Waals surface area (Å²) in [5.74, 6) is -1.18. The standard InChI is InChI=1S/C13H14F3NO3/c1-8(18)17-11(12(19)20-2)7-9-4-3-5-10(6-9)13(14,15)16/h3-6,11H,7H2,1-2H3,(H,17,18)/t11-/m1/s1. The van der Waals surface area contributed by atoms with Crippen LogP contribution in [0.3, 0.4) is 0 Å². The molecule has 1 N–H and O–H groups in total. The topological polar surface area (TPSA) is 55.4 Å². The lowest BCUT2D eigenvalue weighted by atomic mass is 10.0. The number of esters is 1. The first kappa shape index (κ1) is 16.0. The molecule has 20 heavy (non-hydrogen) atoms. The Bertz CT molecular complexity index is 500. The van der Waals surface area contributed by atoms with Gasteiger partial charge in [0, 0.05) is 13.3 Å². The van der Waals surface area contributed by atoms with Crippen LogP contribution in [0.2, 0.25) is 0 Å². The molecule has 1 atom stereocenters. The molecule has 0 aliphatic heterocycles. The monoisotopic (exact) mass is 289 g/mol. The van der Waals surface area contributed by atoms with E-state index in [1.54, 1.807) is 0 Å². The molecular weight excluding hydrogens is 275 g/mol. The van der Waals surface area contributed by atoms with Crippen LogP contribution in [0.25, 0.3) is 0 Å². The third-order valence-electron chi connectivity index (χ3n) is 2.56. The van der Waals surface area contributed by atoms with Gasteiger partial charge in [-0.25, -0.2) is 4.79 Å². The highest BCUT2D eigenvalue weighted by Gasteiger charge is 2.31. The van der Waals surface area contributed by atoms with Gasteiger partial charge in [0.15, 0.2) is 0 Å². The third kappa shape index (κ3) is 4.56. The molecule has 1 amide bonds. The second-order valence-electron chi connectivity index (χ2n) is 4.18. The molecule has 7 heteroatoms. The van der Waals surface area contributed by atoms with E-state index in [0.717, 1.165) is 19.2 Å². The van der Waals surface area contributed by atoms with E-state index in [9.17, 15) is 22.8 Å². The van der Waals surface area contributed by atoms with Gasteiger partial charge < -0.3 is 10.1 Å². The lowest BCUT2D eigenvalue weighted by Crippen LogP contribution is -2.42. The second kappa shape index (κ2) is 6.40. The van der Waals surface area contributed by atoms with Gasteiger partial charge in [0.1, 0.15) is 6.04 Å². The van der Waals surface area contributed by atoms with Gasteiger partial charge in [-0.3, -0.25) is 4.79 Å². The fourth-order valence-corrected chi connectivity index (χ4v) is 1.69. The number of carbonyl (C=O) groups is 2. The van der Waals surface area contributed by atoms with Gasteiger partial charge in [-0.15, -0.1) is 0 Å². The van der Waals surface area contributed by atoms with E-state index < -0.39 is 29.7 Å². The highest BCUT2D eigenvalue weighted by molar-refractivity contribution is 5.83. The van der Waals surface area contributed by atoms with Crippen LogP contribution in [0.5, 0.6) is 0 Å². The fourth-order valence-electron chi connectivity index (χ4n) is 1.69. The lowest BCUT2D eigenvalue weighted by Gasteiger charge is -2.16. The van der Waals surface area contributed by atoms with Gasteiger partial charge in [0.05, 0.1) is 12.7 Å². The van der Waals surface area contributed by atoms with Crippen LogP contribution in [0.1, 0.15) is 18.1 Å². The highest BCUT2D eigenvalue weighted by Crippen LogP contribution is 2.29. The molecule has 1 aromatic rings. The number of alkyl halides is 3. The molecule has 1 rings (SSSR count). The Hall–Kier alpha value is -2.05.